The number of hydrogen-bond donors (Lipinski definition) is 4. The Kier molecular flexibility index (Phi) is 14.1. The molecule has 7 rings (SSSR count). The summed E-state index contributed by atoms with van der Waals surface area (Å²) in [5.74, 6) is -0.945. The second-order valence-electron chi connectivity index (χ2n) is 15.9. The first kappa shape index (κ1) is 44.4. The normalized spacial score (nSPS) is 15.6. The number of benzene rings is 2. The lowest BCUT2D eigenvalue weighted by molar-refractivity contribution is -0.286. The minimum atomic E-state index is -3.74. The third-order valence-corrected chi connectivity index (χ3v) is 12.6. The first-order valence-corrected chi connectivity index (χ1v) is 22.3. The average molecular weight is 891 g/mol. The van der Waals surface area contributed by atoms with Crippen molar-refractivity contribution >= 4 is 63.3 Å². The number of ether oxygens (including phenoxy) is 2. The molecule has 13 nitrogen and oxygen atoms in total. The zero-order chi connectivity index (χ0) is 43.9. The summed E-state index contributed by atoms with van der Waals surface area (Å²) in [6.45, 7) is 3.82. The van der Waals surface area contributed by atoms with E-state index in [1.807, 2.05) is 31.2 Å². The highest BCUT2D eigenvalue weighted by atomic mass is 35.5. The fourth-order valence-corrected chi connectivity index (χ4v) is 8.58. The Morgan fingerprint density at radius 1 is 0.855 bits per heavy atom. The molecule has 17 heteroatoms. The maximum atomic E-state index is 13.6. The van der Waals surface area contributed by atoms with E-state index in [1.165, 1.54) is 23.5 Å². The van der Waals surface area contributed by atoms with Crippen molar-refractivity contribution in [2.24, 2.45) is 5.92 Å². The molecule has 5 amide bonds. The SMILES string of the molecule is Cc1ccc(NC(=O)C2(c3ccc4c(c3)OC(F)(F)O4)CC2)nc1-c1cccc(C(=O)NCCCCCCCCNC(=O)CCc2ccc(NC(=O)C3CN(C(=O)CCl)C3)s2)c1. The van der Waals surface area contributed by atoms with Gasteiger partial charge in [-0.15, -0.1) is 31.7 Å². The van der Waals surface area contributed by atoms with Gasteiger partial charge in [-0.2, -0.15) is 0 Å². The van der Waals surface area contributed by atoms with E-state index in [0.717, 1.165) is 59.5 Å². The first-order valence-electron chi connectivity index (χ1n) is 20.9. The van der Waals surface area contributed by atoms with Gasteiger partial charge in [-0.3, -0.25) is 24.0 Å². The van der Waals surface area contributed by atoms with Gasteiger partial charge in [0.2, 0.25) is 23.6 Å². The lowest BCUT2D eigenvalue weighted by atomic mass is 9.94. The standard InChI is InChI=1S/C45H49ClF2N6O7S/c1-28-11-16-36(52-43(59)44(19-20-44)32-12-15-34-35(24-32)61-45(47,48)60-34)51-40(28)29-9-8-10-30(23-29)41(57)50-22-7-5-3-2-4-6-21-49-37(55)17-13-33-14-18-38(62-33)53-42(58)31-26-54(27-31)39(56)25-46/h8-12,14-16,18,23-24,31H,2-7,13,17,19-22,25-27H2,1H3,(H,49,55)(H,50,57)(H,53,58)(H,51,52,59). The molecule has 0 spiro atoms. The number of likely N-dealkylation sites (tertiary alicyclic amines) is 1. The predicted octanol–water partition coefficient (Wildman–Crippen LogP) is 7.57. The average Bonchev–Trinajstić information content (AvgIpc) is 3.83. The molecule has 2 aromatic heterocycles. The maximum absolute atomic E-state index is 13.6. The van der Waals surface area contributed by atoms with Crippen molar-refractivity contribution in [1.82, 2.24) is 20.5 Å². The number of nitrogens with zero attached hydrogens (tertiary/aromatic N) is 2. The third kappa shape index (κ3) is 11.1. The van der Waals surface area contributed by atoms with E-state index < -0.39 is 11.7 Å². The lowest BCUT2D eigenvalue weighted by Gasteiger charge is -2.37. The molecule has 1 aliphatic carbocycles. The number of carbonyl (C=O) groups excluding carboxylic acids is 5. The van der Waals surface area contributed by atoms with Crippen LogP contribution in [0, 0.1) is 12.8 Å². The number of amides is 5. The second kappa shape index (κ2) is 19.6. The van der Waals surface area contributed by atoms with E-state index in [4.69, 9.17) is 16.6 Å². The number of rotatable bonds is 20. The van der Waals surface area contributed by atoms with Gasteiger partial charge in [-0.1, -0.05) is 49.9 Å². The molecule has 4 N–H and O–H groups in total. The Balaban J connectivity index is 0.757. The van der Waals surface area contributed by atoms with Crippen LogP contribution in [-0.2, 0) is 31.0 Å². The Morgan fingerprint density at radius 3 is 2.32 bits per heavy atom. The summed E-state index contributed by atoms with van der Waals surface area (Å²) < 4.78 is 36.3. The molecule has 0 atom stereocenters. The number of nitrogens with one attached hydrogen (secondary N) is 4. The van der Waals surface area contributed by atoms with E-state index in [1.54, 1.807) is 35.2 Å². The van der Waals surface area contributed by atoms with Crippen molar-refractivity contribution in [2.45, 2.75) is 82.8 Å². The van der Waals surface area contributed by atoms with Gasteiger partial charge in [0.15, 0.2) is 11.5 Å². The van der Waals surface area contributed by atoms with Crippen molar-refractivity contribution in [2.75, 3.05) is 42.7 Å². The molecule has 2 fully saturated rings. The summed E-state index contributed by atoms with van der Waals surface area (Å²) in [4.78, 5) is 70.3. The highest BCUT2D eigenvalue weighted by Crippen LogP contribution is 2.52. The molecular weight excluding hydrogens is 842 g/mol. The van der Waals surface area contributed by atoms with Gasteiger partial charge in [-0.05, 0) is 92.6 Å². The van der Waals surface area contributed by atoms with Gasteiger partial charge in [0.25, 0.3) is 5.91 Å². The van der Waals surface area contributed by atoms with Crippen LogP contribution in [0.4, 0.5) is 19.6 Å². The summed E-state index contributed by atoms with van der Waals surface area (Å²) in [6, 6.07) is 18.9. The van der Waals surface area contributed by atoms with Crippen LogP contribution >= 0.6 is 22.9 Å². The number of pyridine rings is 1. The molecule has 4 aromatic rings. The van der Waals surface area contributed by atoms with Crippen molar-refractivity contribution in [1.29, 1.82) is 0 Å². The first-order chi connectivity index (χ1) is 29.8. The fourth-order valence-electron chi connectivity index (χ4n) is 7.50. The molecule has 1 saturated carbocycles. The Hall–Kier alpha value is -5.61. The summed E-state index contributed by atoms with van der Waals surface area (Å²) in [7, 11) is 0. The highest BCUT2D eigenvalue weighted by molar-refractivity contribution is 7.16. The minimum Gasteiger partial charge on any atom is -0.395 e. The number of carbonyl (C=O) groups is 5. The van der Waals surface area contributed by atoms with Crippen LogP contribution in [-0.4, -0.2) is 77.8 Å². The number of unbranched alkanes of at least 4 members (excludes halogenated alkanes) is 5. The zero-order valence-electron chi connectivity index (χ0n) is 34.3. The number of fused-ring (bicyclic) bond motifs is 1. The van der Waals surface area contributed by atoms with Crippen LogP contribution in [0.15, 0.2) is 66.7 Å². The summed E-state index contributed by atoms with van der Waals surface area (Å²) in [5, 5.41) is 12.5. The molecule has 0 bridgehead atoms. The number of aromatic nitrogens is 1. The van der Waals surface area contributed by atoms with E-state index in [-0.39, 0.29) is 52.8 Å². The highest BCUT2D eigenvalue weighted by Gasteiger charge is 2.53. The number of alkyl halides is 3. The summed E-state index contributed by atoms with van der Waals surface area (Å²) in [6.07, 6.45) is 4.05. The molecule has 0 unspecified atom stereocenters. The number of aryl methyl sites for hydroxylation is 2. The Bertz CT molecular complexity index is 2320. The van der Waals surface area contributed by atoms with Gasteiger partial charge in [0.1, 0.15) is 11.7 Å². The van der Waals surface area contributed by atoms with E-state index in [9.17, 15) is 32.8 Å². The van der Waals surface area contributed by atoms with Crippen molar-refractivity contribution in [3.8, 4) is 22.8 Å². The fraction of sp³-hybridized carbons (Fsp3) is 0.422. The zero-order valence-corrected chi connectivity index (χ0v) is 35.9. The maximum Gasteiger partial charge on any atom is 0.586 e. The van der Waals surface area contributed by atoms with Crippen molar-refractivity contribution in [3.05, 3.63) is 88.3 Å². The van der Waals surface area contributed by atoms with E-state index in [2.05, 4.69) is 30.7 Å². The number of hydrogen-bond acceptors (Lipinski definition) is 9. The molecular formula is C45H49ClF2N6O7S. The van der Waals surface area contributed by atoms with E-state index in [0.29, 0.717) is 74.5 Å². The smallest absolute Gasteiger partial charge is 0.395 e. The van der Waals surface area contributed by atoms with Crippen LogP contribution in [0.1, 0.15) is 84.1 Å². The van der Waals surface area contributed by atoms with Crippen LogP contribution in [0.3, 0.4) is 0 Å². The molecule has 1 saturated heterocycles. The monoisotopic (exact) mass is 890 g/mol. The van der Waals surface area contributed by atoms with E-state index >= 15 is 0 Å². The van der Waals surface area contributed by atoms with Crippen LogP contribution in [0.2, 0.25) is 0 Å². The number of halogens is 3. The molecule has 62 heavy (non-hydrogen) atoms. The minimum absolute atomic E-state index is 0.00455. The predicted molar refractivity (Wildman–Crippen MR) is 232 cm³/mol. The molecule has 0 radical (unpaired) electrons. The van der Waals surface area contributed by atoms with Crippen LogP contribution < -0.4 is 30.7 Å². The molecule has 2 aliphatic heterocycles. The Labute approximate surface area is 367 Å². The molecule has 4 heterocycles. The van der Waals surface area contributed by atoms with Gasteiger partial charge < -0.3 is 35.6 Å². The van der Waals surface area contributed by atoms with Gasteiger partial charge >= 0.3 is 6.29 Å². The Morgan fingerprint density at radius 2 is 1.58 bits per heavy atom. The molecule has 328 valence electrons. The summed E-state index contributed by atoms with van der Waals surface area (Å²) in [5.41, 5.74) is 2.36. The van der Waals surface area contributed by atoms with Gasteiger partial charge in [-0.25, -0.2) is 4.98 Å². The number of anilines is 2. The van der Waals surface area contributed by atoms with Gasteiger partial charge in [0.05, 0.1) is 22.0 Å². The largest absolute Gasteiger partial charge is 0.586 e. The van der Waals surface area contributed by atoms with Gasteiger partial charge in [0, 0.05) is 48.6 Å². The topological polar surface area (TPSA) is 168 Å². The van der Waals surface area contributed by atoms with Crippen molar-refractivity contribution in [3.63, 3.8) is 0 Å². The van der Waals surface area contributed by atoms with Crippen molar-refractivity contribution < 1.29 is 42.2 Å². The number of thiophene rings is 1. The quantitative estimate of drug-likeness (QED) is 0.0521. The second-order valence-corrected chi connectivity index (χ2v) is 17.4. The molecule has 2 aromatic carbocycles. The molecule has 3 aliphatic rings. The third-order valence-electron chi connectivity index (χ3n) is 11.3. The van der Waals surface area contributed by atoms with Crippen LogP contribution in [0.5, 0.6) is 11.5 Å². The van der Waals surface area contributed by atoms with Crippen LogP contribution in [0.25, 0.3) is 11.3 Å². The summed E-state index contributed by atoms with van der Waals surface area (Å²) >= 11 is 7.01. The lowest BCUT2D eigenvalue weighted by Crippen LogP contribution is -2.54.